The van der Waals surface area contributed by atoms with E-state index in [-0.39, 0.29) is 0 Å². The molecule has 2 N–H and O–H groups in total. The van der Waals surface area contributed by atoms with E-state index in [1.165, 1.54) is 37.1 Å². The molecule has 1 heterocycles. The van der Waals surface area contributed by atoms with Crippen LogP contribution >= 0.6 is 0 Å². The van der Waals surface area contributed by atoms with Crippen molar-refractivity contribution in [2.75, 3.05) is 39.9 Å². The second-order valence-electron chi connectivity index (χ2n) is 7.24. The normalized spacial score (nSPS) is 16.7. The maximum absolute atomic E-state index is 5.08. The average Bonchev–Trinajstić information content (AvgIpc) is 2.66. The third-order valence-electron chi connectivity index (χ3n) is 4.89. The number of hydrogen-bond acceptors (Lipinski definition) is 3. The Balaban J connectivity index is 1.80. The van der Waals surface area contributed by atoms with Crippen LogP contribution in [-0.4, -0.2) is 50.8 Å². The third kappa shape index (κ3) is 7.75. The van der Waals surface area contributed by atoms with Gasteiger partial charge in [0.05, 0.1) is 6.54 Å². The fourth-order valence-electron chi connectivity index (χ4n) is 3.16. The van der Waals surface area contributed by atoms with Crippen molar-refractivity contribution in [1.29, 1.82) is 0 Å². The van der Waals surface area contributed by atoms with Gasteiger partial charge in [0, 0.05) is 33.4 Å². The van der Waals surface area contributed by atoms with Crippen LogP contribution in [0.4, 0.5) is 0 Å². The number of ether oxygens (including phenoxy) is 1. The number of nitrogens with one attached hydrogen (secondary N) is 2. The quantitative estimate of drug-likeness (QED) is 0.404. The molecule has 1 fully saturated rings. The van der Waals surface area contributed by atoms with Gasteiger partial charge in [-0.3, -0.25) is 4.90 Å². The lowest BCUT2D eigenvalue weighted by Gasteiger charge is -2.30. The first-order valence-corrected chi connectivity index (χ1v) is 10.0. The monoisotopic (exact) mass is 360 g/mol. The van der Waals surface area contributed by atoms with Gasteiger partial charge in [-0.1, -0.05) is 31.2 Å². The highest BCUT2D eigenvalue weighted by atomic mass is 16.5. The van der Waals surface area contributed by atoms with Crippen LogP contribution in [0.1, 0.15) is 44.2 Å². The van der Waals surface area contributed by atoms with E-state index in [9.17, 15) is 0 Å². The van der Waals surface area contributed by atoms with E-state index in [1.807, 2.05) is 0 Å². The SMILES string of the molecule is CCNC(=NCc1ccc(CN2CCC(C)CC2)cc1)NCCCOC. The molecular formula is C21H36N4O. The number of nitrogens with zero attached hydrogens (tertiary/aromatic N) is 2. The number of methoxy groups -OCH3 is 1. The molecule has 1 aromatic carbocycles. The maximum Gasteiger partial charge on any atom is 0.191 e. The van der Waals surface area contributed by atoms with Crippen LogP contribution in [0.25, 0.3) is 0 Å². The highest BCUT2D eigenvalue weighted by molar-refractivity contribution is 5.79. The van der Waals surface area contributed by atoms with Gasteiger partial charge in [0.2, 0.25) is 0 Å². The lowest BCUT2D eigenvalue weighted by atomic mass is 9.99. The molecule has 0 unspecified atom stereocenters. The standard InChI is InChI=1S/C21H36N4O/c1-4-22-21(23-12-5-15-26-3)24-16-19-6-8-20(9-7-19)17-25-13-10-18(2)11-14-25/h6-9,18H,4-5,10-17H2,1-3H3,(H2,22,23,24). The Bertz CT molecular complexity index is 521. The van der Waals surface area contributed by atoms with Crippen LogP contribution in [0.3, 0.4) is 0 Å². The molecule has 0 atom stereocenters. The highest BCUT2D eigenvalue weighted by Crippen LogP contribution is 2.18. The molecule has 0 bridgehead atoms. The van der Waals surface area contributed by atoms with Crippen molar-refractivity contribution in [3.63, 3.8) is 0 Å². The van der Waals surface area contributed by atoms with E-state index in [4.69, 9.17) is 4.74 Å². The molecule has 2 rings (SSSR count). The summed E-state index contributed by atoms with van der Waals surface area (Å²) in [6.45, 7) is 11.2. The van der Waals surface area contributed by atoms with Crippen molar-refractivity contribution in [2.45, 2.75) is 46.2 Å². The molecule has 0 saturated carbocycles. The van der Waals surface area contributed by atoms with E-state index < -0.39 is 0 Å². The van der Waals surface area contributed by atoms with E-state index in [2.05, 4.69) is 58.6 Å². The van der Waals surface area contributed by atoms with Gasteiger partial charge in [0.25, 0.3) is 0 Å². The molecular weight excluding hydrogens is 324 g/mol. The van der Waals surface area contributed by atoms with Crippen molar-refractivity contribution < 1.29 is 4.74 Å². The molecule has 0 aromatic heterocycles. The molecule has 5 heteroatoms. The van der Waals surface area contributed by atoms with Crippen LogP contribution in [-0.2, 0) is 17.8 Å². The van der Waals surface area contributed by atoms with Crippen LogP contribution in [0.15, 0.2) is 29.3 Å². The topological polar surface area (TPSA) is 48.9 Å². The van der Waals surface area contributed by atoms with Crippen LogP contribution in [0.5, 0.6) is 0 Å². The first-order valence-electron chi connectivity index (χ1n) is 10.0. The number of benzene rings is 1. The minimum atomic E-state index is 0.696. The van der Waals surface area contributed by atoms with Crippen molar-refractivity contribution in [3.8, 4) is 0 Å². The Morgan fingerprint density at radius 2 is 1.85 bits per heavy atom. The average molecular weight is 361 g/mol. The zero-order chi connectivity index (χ0) is 18.6. The summed E-state index contributed by atoms with van der Waals surface area (Å²) in [5.41, 5.74) is 2.65. The molecule has 1 aromatic rings. The fraction of sp³-hybridized carbons (Fsp3) is 0.667. The molecule has 146 valence electrons. The minimum absolute atomic E-state index is 0.696. The zero-order valence-electron chi connectivity index (χ0n) is 16.8. The molecule has 0 amide bonds. The Morgan fingerprint density at radius 3 is 2.50 bits per heavy atom. The molecule has 1 aliphatic heterocycles. The summed E-state index contributed by atoms with van der Waals surface area (Å²) in [5.74, 6) is 1.76. The summed E-state index contributed by atoms with van der Waals surface area (Å²) in [5, 5.41) is 6.64. The molecule has 26 heavy (non-hydrogen) atoms. The number of rotatable bonds is 9. The molecule has 0 radical (unpaired) electrons. The molecule has 0 spiro atoms. The molecule has 0 aliphatic carbocycles. The summed E-state index contributed by atoms with van der Waals surface area (Å²) in [7, 11) is 1.73. The number of hydrogen-bond donors (Lipinski definition) is 2. The molecule has 1 saturated heterocycles. The van der Waals surface area contributed by atoms with Crippen LogP contribution < -0.4 is 10.6 Å². The Kier molecular flexibility index (Phi) is 9.50. The first kappa shape index (κ1) is 20.7. The zero-order valence-corrected chi connectivity index (χ0v) is 16.8. The predicted octanol–water partition coefficient (Wildman–Crippen LogP) is 3.01. The van der Waals surface area contributed by atoms with Gasteiger partial charge >= 0.3 is 0 Å². The van der Waals surface area contributed by atoms with Gasteiger partial charge in [-0.05, 0) is 56.3 Å². The number of aliphatic imine (C=N–C) groups is 1. The van der Waals surface area contributed by atoms with Crippen molar-refractivity contribution in [3.05, 3.63) is 35.4 Å². The van der Waals surface area contributed by atoms with E-state index in [1.54, 1.807) is 7.11 Å². The second kappa shape index (κ2) is 11.9. The van der Waals surface area contributed by atoms with Crippen LogP contribution in [0, 0.1) is 5.92 Å². The molecule has 1 aliphatic rings. The van der Waals surface area contributed by atoms with Gasteiger partial charge in [-0.2, -0.15) is 0 Å². The Morgan fingerprint density at radius 1 is 1.15 bits per heavy atom. The number of piperidine rings is 1. The van der Waals surface area contributed by atoms with Gasteiger partial charge in [0.15, 0.2) is 5.96 Å². The number of likely N-dealkylation sites (tertiary alicyclic amines) is 1. The van der Waals surface area contributed by atoms with Crippen molar-refractivity contribution in [2.24, 2.45) is 10.9 Å². The molecule has 5 nitrogen and oxygen atoms in total. The Hall–Kier alpha value is -1.59. The summed E-state index contributed by atoms with van der Waals surface area (Å²) >= 11 is 0. The van der Waals surface area contributed by atoms with Gasteiger partial charge < -0.3 is 15.4 Å². The van der Waals surface area contributed by atoms with E-state index >= 15 is 0 Å². The van der Waals surface area contributed by atoms with E-state index in [0.29, 0.717) is 6.54 Å². The Labute approximate surface area is 159 Å². The first-order chi connectivity index (χ1) is 12.7. The van der Waals surface area contributed by atoms with Crippen molar-refractivity contribution in [1.82, 2.24) is 15.5 Å². The summed E-state index contributed by atoms with van der Waals surface area (Å²) in [4.78, 5) is 7.25. The summed E-state index contributed by atoms with van der Waals surface area (Å²) in [6.07, 6.45) is 3.64. The lowest BCUT2D eigenvalue weighted by molar-refractivity contribution is 0.185. The van der Waals surface area contributed by atoms with Crippen molar-refractivity contribution >= 4 is 5.96 Å². The van der Waals surface area contributed by atoms with E-state index in [0.717, 1.165) is 44.5 Å². The van der Waals surface area contributed by atoms with Gasteiger partial charge in [0.1, 0.15) is 0 Å². The third-order valence-corrected chi connectivity index (χ3v) is 4.89. The smallest absolute Gasteiger partial charge is 0.191 e. The van der Waals surface area contributed by atoms with Gasteiger partial charge in [-0.25, -0.2) is 4.99 Å². The summed E-state index contributed by atoms with van der Waals surface area (Å²) in [6, 6.07) is 8.92. The predicted molar refractivity (Wildman–Crippen MR) is 109 cm³/mol. The minimum Gasteiger partial charge on any atom is -0.385 e. The summed E-state index contributed by atoms with van der Waals surface area (Å²) < 4.78 is 5.08. The number of guanidine groups is 1. The lowest BCUT2D eigenvalue weighted by Crippen LogP contribution is -2.38. The fourth-order valence-corrected chi connectivity index (χ4v) is 3.16. The highest BCUT2D eigenvalue weighted by Gasteiger charge is 2.15. The maximum atomic E-state index is 5.08. The second-order valence-corrected chi connectivity index (χ2v) is 7.24. The van der Waals surface area contributed by atoms with Gasteiger partial charge in [-0.15, -0.1) is 0 Å². The van der Waals surface area contributed by atoms with Crippen LogP contribution in [0.2, 0.25) is 0 Å². The largest absolute Gasteiger partial charge is 0.385 e.